The highest BCUT2D eigenvalue weighted by Gasteiger charge is 2.35. The van der Waals surface area contributed by atoms with Crippen molar-refractivity contribution in [3.8, 4) is 0 Å². The molecule has 3 heterocycles. The Kier molecular flexibility index (Phi) is 3.18. The van der Waals surface area contributed by atoms with Gasteiger partial charge in [0.25, 0.3) is 10.0 Å². The fourth-order valence-corrected chi connectivity index (χ4v) is 4.67. The smallest absolute Gasteiger partial charge is 0.263 e. The molecule has 6 nitrogen and oxygen atoms in total. The molecule has 0 aromatic carbocycles. The number of nitrogens with zero attached hydrogens (tertiary/aromatic N) is 3. The third-order valence-electron chi connectivity index (χ3n) is 3.81. The highest BCUT2D eigenvalue weighted by molar-refractivity contribution is 7.89. The van der Waals surface area contributed by atoms with E-state index in [0.717, 1.165) is 19.3 Å². The van der Waals surface area contributed by atoms with Crippen molar-refractivity contribution in [1.82, 2.24) is 13.7 Å². The van der Waals surface area contributed by atoms with E-state index in [2.05, 4.69) is 4.98 Å². The molecule has 0 aliphatic carbocycles. The average Bonchev–Trinajstić information content (AvgIpc) is 2.75. The summed E-state index contributed by atoms with van der Waals surface area (Å²) in [7, 11) is -3.62. The van der Waals surface area contributed by atoms with E-state index in [1.807, 2.05) is 13.0 Å². The SMILES string of the molecule is CC1CCCCN1S(=O)(=O)c1c(N)nc2ccccn12. The number of hydrogen-bond donors (Lipinski definition) is 1. The Morgan fingerprint density at radius 1 is 1.35 bits per heavy atom. The van der Waals surface area contributed by atoms with Gasteiger partial charge in [0.15, 0.2) is 10.8 Å². The number of rotatable bonds is 2. The molecule has 1 aliphatic heterocycles. The van der Waals surface area contributed by atoms with Crippen LogP contribution < -0.4 is 5.73 Å². The van der Waals surface area contributed by atoms with E-state index in [0.29, 0.717) is 12.2 Å². The number of pyridine rings is 1. The van der Waals surface area contributed by atoms with Crippen LogP contribution in [0.1, 0.15) is 26.2 Å². The van der Waals surface area contributed by atoms with Gasteiger partial charge in [-0.25, -0.2) is 13.4 Å². The highest BCUT2D eigenvalue weighted by atomic mass is 32.2. The Labute approximate surface area is 118 Å². The minimum atomic E-state index is -3.62. The molecule has 1 atom stereocenters. The first kappa shape index (κ1) is 13.4. The monoisotopic (exact) mass is 294 g/mol. The topological polar surface area (TPSA) is 80.7 Å². The van der Waals surface area contributed by atoms with E-state index >= 15 is 0 Å². The summed E-state index contributed by atoms with van der Waals surface area (Å²) < 4.78 is 28.8. The summed E-state index contributed by atoms with van der Waals surface area (Å²) in [6, 6.07) is 5.33. The van der Waals surface area contributed by atoms with Gasteiger partial charge in [0.2, 0.25) is 0 Å². The number of fused-ring (bicyclic) bond motifs is 1. The number of nitrogens with two attached hydrogens (primary N) is 1. The van der Waals surface area contributed by atoms with Crippen LogP contribution in [0.25, 0.3) is 5.65 Å². The number of aromatic nitrogens is 2. The molecule has 7 heteroatoms. The zero-order valence-corrected chi connectivity index (χ0v) is 12.2. The predicted octanol–water partition coefficient (Wildman–Crippen LogP) is 1.48. The molecule has 2 aromatic heterocycles. The molecule has 3 rings (SSSR count). The van der Waals surface area contributed by atoms with Crippen LogP contribution in [-0.4, -0.2) is 34.7 Å². The maximum absolute atomic E-state index is 12.9. The third kappa shape index (κ3) is 1.97. The average molecular weight is 294 g/mol. The molecule has 108 valence electrons. The molecule has 0 saturated carbocycles. The third-order valence-corrected chi connectivity index (χ3v) is 5.86. The van der Waals surface area contributed by atoms with Crippen LogP contribution in [0.15, 0.2) is 29.4 Å². The molecule has 20 heavy (non-hydrogen) atoms. The molecular weight excluding hydrogens is 276 g/mol. The zero-order chi connectivity index (χ0) is 14.3. The summed E-state index contributed by atoms with van der Waals surface area (Å²) in [4.78, 5) is 4.13. The van der Waals surface area contributed by atoms with E-state index < -0.39 is 10.0 Å². The largest absolute Gasteiger partial charge is 0.381 e. The van der Waals surface area contributed by atoms with E-state index in [1.165, 1.54) is 0 Å². The Bertz CT molecular complexity index is 738. The number of imidazole rings is 1. The van der Waals surface area contributed by atoms with E-state index in [9.17, 15) is 8.42 Å². The first-order chi connectivity index (χ1) is 9.51. The molecule has 1 unspecified atom stereocenters. The lowest BCUT2D eigenvalue weighted by molar-refractivity contribution is 0.268. The fraction of sp³-hybridized carbons (Fsp3) is 0.462. The molecular formula is C13H18N4O2S. The van der Waals surface area contributed by atoms with Crippen LogP contribution in [0.2, 0.25) is 0 Å². The number of sulfonamides is 1. The zero-order valence-electron chi connectivity index (χ0n) is 11.4. The van der Waals surface area contributed by atoms with Crippen LogP contribution in [0, 0.1) is 0 Å². The molecule has 1 fully saturated rings. The Morgan fingerprint density at radius 2 is 2.15 bits per heavy atom. The minimum absolute atomic E-state index is 0.00223. The van der Waals surface area contributed by atoms with Crippen molar-refractivity contribution in [2.45, 2.75) is 37.3 Å². The van der Waals surface area contributed by atoms with Gasteiger partial charge in [-0.05, 0) is 31.9 Å². The number of anilines is 1. The van der Waals surface area contributed by atoms with Crippen molar-refractivity contribution >= 4 is 21.5 Å². The summed E-state index contributed by atoms with van der Waals surface area (Å²) >= 11 is 0. The summed E-state index contributed by atoms with van der Waals surface area (Å²) in [5, 5.41) is 0.0850. The van der Waals surface area contributed by atoms with Crippen LogP contribution in [0.4, 0.5) is 5.82 Å². The van der Waals surface area contributed by atoms with Gasteiger partial charge in [-0.1, -0.05) is 12.5 Å². The Morgan fingerprint density at radius 3 is 2.90 bits per heavy atom. The number of hydrogen-bond acceptors (Lipinski definition) is 4. The quantitative estimate of drug-likeness (QED) is 0.909. The summed E-state index contributed by atoms with van der Waals surface area (Å²) in [6.07, 6.45) is 4.52. The van der Waals surface area contributed by atoms with Crippen LogP contribution >= 0.6 is 0 Å². The molecule has 0 amide bonds. The van der Waals surface area contributed by atoms with E-state index in [-0.39, 0.29) is 16.9 Å². The van der Waals surface area contributed by atoms with Gasteiger partial charge in [0.05, 0.1) is 0 Å². The predicted molar refractivity (Wildman–Crippen MR) is 76.8 cm³/mol. The van der Waals surface area contributed by atoms with Crippen molar-refractivity contribution in [2.75, 3.05) is 12.3 Å². The lowest BCUT2D eigenvalue weighted by atomic mass is 10.1. The standard InChI is InChI=1S/C13H18N4O2S/c1-10-6-2-5-9-17(10)20(18,19)13-12(14)15-11-7-3-4-8-16(11)13/h3-4,7-8,10H,2,5-6,9,14H2,1H3. The van der Waals surface area contributed by atoms with Gasteiger partial charge in [0.1, 0.15) is 5.65 Å². The van der Waals surface area contributed by atoms with E-state index in [4.69, 9.17) is 5.73 Å². The first-order valence-electron chi connectivity index (χ1n) is 6.76. The fourth-order valence-electron chi connectivity index (χ4n) is 2.79. The van der Waals surface area contributed by atoms with Crippen LogP contribution in [-0.2, 0) is 10.0 Å². The lowest BCUT2D eigenvalue weighted by Gasteiger charge is -2.32. The van der Waals surface area contributed by atoms with Gasteiger partial charge < -0.3 is 5.73 Å². The van der Waals surface area contributed by atoms with Crippen molar-refractivity contribution in [2.24, 2.45) is 0 Å². The van der Waals surface area contributed by atoms with Gasteiger partial charge in [-0.3, -0.25) is 4.40 Å². The number of nitrogen functional groups attached to an aromatic ring is 1. The van der Waals surface area contributed by atoms with Crippen molar-refractivity contribution in [3.05, 3.63) is 24.4 Å². The second-order valence-electron chi connectivity index (χ2n) is 5.19. The van der Waals surface area contributed by atoms with Crippen molar-refractivity contribution in [3.63, 3.8) is 0 Å². The Hall–Kier alpha value is -1.60. The second kappa shape index (κ2) is 4.75. The maximum Gasteiger partial charge on any atom is 0.263 e. The summed E-state index contributed by atoms with van der Waals surface area (Å²) in [6.45, 7) is 2.49. The molecule has 1 aliphatic rings. The van der Waals surface area contributed by atoms with Crippen LogP contribution in [0.5, 0.6) is 0 Å². The normalized spacial score (nSPS) is 21.4. The lowest BCUT2D eigenvalue weighted by Crippen LogP contribution is -2.42. The first-order valence-corrected chi connectivity index (χ1v) is 8.20. The van der Waals surface area contributed by atoms with Gasteiger partial charge in [-0.15, -0.1) is 0 Å². The molecule has 1 saturated heterocycles. The van der Waals surface area contributed by atoms with Crippen molar-refractivity contribution < 1.29 is 8.42 Å². The molecule has 0 spiro atoms. The van der Waals surface area contributed by atoms with E-state index in [1.54, 1.807) is 27.0 Å². The molecule has 0 radical (unpaired) electrons. The Balaban J connectivity index is 2.16. The molecule has 2 N–H and O–H groups in total. The van der Waals surface area contributed by atoms with Gasteiger partial charge in [-0.2, -0.15) is 4.31 Å². The summed E-state index contributed by atoms with van der Waals surface area (Å²) in [5.41, 5.74) is 6.40. The highest BCUT2D eigenvalue weighted by Crippen LogP contribution is 2.28. The van der Waals surface area contributed by atoms with Gasteiger partial charge >= 0.3 is 0 Å². The minimum Gasteiger partial charge on any atom is -0.381 e. The van der Waals surface area contributed by atoms with Crippen LogP contribution in [0.3, 0.4) is 0 Å². The number of piperidine rings is 1. The maximum atomic E-state index is 12.9. The van der Waals surface area contributed by atoms with Crippen molar-refractivity contribution in [1.29, 1.82) is 0 Å². The second-order valence-corrected chi connectivity index (χ2v) is 7.00. The molecule has 0 bridgehead atoms. The summed E-state index contributed by atoms with van der Waals surface area (Å²) in [5.74, 6) is 0.0639. The molecule has 2 aromatic rings. The van der Waals surface area contributed by atoms with Gasteiger partial charge in [0, 0.05) is 18.8 Å².